The van der Waals surface area contributed by atoms with Gasteiger partial charge in [-0.25, -0.2) is 8.42 Å². The summed E-state index contributed by atoms with van der Waals surface area (Å²) in [4.78, 5) is 0. The molecule has 0 amide bonds. The molecule has 6 nitrogen and oxygen atoms in total. The van der Waals surface area contributed by atoms with Crippen molar-refractivity contribution in [2.24, 2.45) is 7.05 Å². The Morgan fingerprint density at radius 1 is 1.41 bits per heavy atom. The summed E-state index contributed by atoms with van der Waals surface area (Å²) < 4.78 is 62.4. The van der Waals surface area contributed by atoms with E-state index < -0.39 is 33.6 Å². The van der Waals surface area contributed by atoms with E-state index in [1.165, 1.54) is 7.05 Å². The molecule has 0 unspecified atom stereocenters. The number of nitrogens with zero attached hydrogens (tertiary/aromatic N) is 3. The van der Waals surface area contributed by atoms with Crippen LogP contribution in [0.4, 0.5) is 13.2 Å². The monoisotopic (exact) mass is 293 g/mol. The zero-order valence-corrected chi connectivity index (χ0v) is 9.97. The average Bonchev–Trinajstić information content (AvgIpc) is 2.44. The Kier molecular flexibility index (Phi) is 3.99. The maximum absolute atomic E-state index is 11.8. The summed E-state index contributed by atoms with van der Waals surface area (Å²) in [6, 6.07) is 0. The van der Waals surface area contributed by atoms with Gasteiger partial charge in [-0.15, -0.1) is 10.2 Å². The molecule has 0 fully saturated rings. The van der Waals surface area contributed by atoms with Crippen LogP contribution in [0.15, 0.2) is 5.16 Å². The van der Waals surface area contributed by atoms with Gasteiger partial charge in [0.15, 0.2) is 5.82 Å². The molecule has 0 atom stereocenters. The molecule has 0 saturated carbocycles. The van der Waals surface area contributed by atoms with Crippen molar-refractivity contribution in [3.63, 3.8) is 0 Å². The van der Waals surface area contributed by atoms with Crippen molar-refractivity contribution in [3.05, 3.63) is 5.82 Å². The summed E-state index contributed by atoms with van der Waals surface area (Å²) in [6.07, 6.45) is -4.46. The minimum Gasteiger partial charge on any atom is -0.364 e. The van der Waals surface area contributed by atoms with Crippen molar-refractivity contribution in [2.45, 2.75) is 17.9 Å². The molecule has 1 aromatic rings. The standard InChI is InChI=1S/C6H7ClF3N3O3S/c1-13-4(2-16-3-6(8,9)10)11-12-5(13)17(7,14)15/h2-3H2,1H3. The van der Waals surface area contributed by atoms with Crippen LogP contribution in [-0.2, 0) is 27.4 Å². The zero-order chi connectivity index (χ0) is 13.3. The molecule has 0 spiro atoms. The lowest BCUT2D eigenvalue weighted by atomic mass is 10.6. The molecule has 98 valence electrons. The fraction of sp³-hybridized carbons (Fsp3) is 0.667. The van der Waals surface area contributed by atoms with E-state index in [0.717, 1.165) is 4.57 Å². The maximum Gasteiger partial charge on any atom is 0.411 e. The van der Waals surface area contributed by atoms with Crippen molar-refractivity contribution in [1.82, 2.24) is 14.8 Å². The summed E-state index contributed by atoms with van der Waals surface area (Å²) in [6.45, 7) is -1.97. The number of rotatable bonds is 4. The molecule has 0 radical (unpaired) electrons. The van der Waals surface area contributed by atoms with E-state index in [1.54, 1.807) is 0 Å². The third-order valence-corrected chi connectivity index (χ3v) is 2.85. The van der Waals surface area contributed by atoms with Crippen molar-refractivity contribution < 1.29 is 26.3 Å². The summed E-state index contributed by atoms with van der Waals surface area (Å²) in [5, 5.41) is 6.04. The van der Waals surface area contributed by atoms with E-state index >= 15 is 0 Å². The first-order valence-electron chi connectivity index (χ1n) is 4.08. The van der Waals surface area contributed by atoms with Crippen LogP contribution in [0.3, 0.4) is 0 Å². The second kappa shape index (κ2) is 4.78. The highest BCUT2D eigenvalue weighted by Gasteiger charge is 2.28. The summed E-state index contributed by atoms with van der Waals surface area (Å²) in [5.41, 5.74) is 0. The van der Waals surface area contributed by atoms with Gasteiger partial charge in [0.05, 0.1) is 0 Å². The Labute approximate surface area is 98.8 Å². The number of hydrogen-bond donors (Lipinski definition) is 0. The van der Waals surface area contributed by atoms with Crippen LogP contribution in [-0.4, -0.2) is 36.0 Å². The predicted molar refractivity (Wildman–Crippen MR) is 49.8 cm³/mol. The first-order chi connectivity index (χ1) is 7.61. The van der Waals surface area contributed by atoms with Crippen LogP contribution < -0.4 is 0 Å². The van der Waals surface area contributed by atoms with Gasteiger partial charge in [0.1, 0.15) is 13.2 Å². The molecular weight excluding hydrogens is 287 g/mol. The van der Waals surface area contributed by atoms with Gasteiger partial charge in [-0.3, -0.25) is 0 Å². The SMILES string of the molecule is Cn1c(COCC(F)(F)F)nnc1S(=O)(=O)Cl. The molecule has 0 aliphatic carbocycles. The van der Waals surface area contributed by atoms with E-state index in [1.807, 2.05) is 0 Å². The number of hydrogen-bond acceptors (Lipinski definition) is 5. The summed E-state index contributed by atoms with van der Waals surface area (Å²) in [5.74, 6) is -0.0755. The van der Waals surface area contributed by atoms with Gasteiger partial charge >= 0.3 is 6.18 Å². The maximum atomic E-state index is 11.8. The Morgan fingerprint density at radius 2 is 2.00 bits per heavy atom. The molecule has 1 aromatic heterocycles. The molecule has 0 aromatic carbocycles. The van der Waals surface area contributed by atoms with Crippen molar-refractivity contribution in [2.75, 3.05) is 6.61 Å². The molecule has 17 heavy (non-hydrogen) atoms. The van der Waals surface area contributed by atoms with E-state index in [2.05, 4.69) is 14.9 Å². The number of alkyl halides is 3. The Hall–Kier alpha value is -0.870. The highest BCUT2D eigenvalue weighted by atomic mass is 35.7. The molecule has 0 saturated heterocycles. The van der Waals surface area contributed by atoms with Gasteiger partial charge in [0, 0.05) is 17.7 Å². The highest BCUT2D eigenvalue weighted by Crippen LogP contribution is 2.16. The molecule has 0 bridgehead atoms. The van der Waals surface area contributed by atoms with E-state index in [-0.39, 0.29) is 5.82 Å². The Morgan fingerprint density at radius 3 is 2.41 bits per heavy atom. The minimum absolute atomic E-state index is 0.0755. The molecule has 11 heteroatoms. The van der Waals surface area contributed by atoms with Gasteiger partial charge in [0.2, 0.25) is 0 Å². The largest absolute Gasteiger partial charge is 0.411 e. The predicted octanol–water partition coefficient (Wildman–Crippen LogP) is 0.822. The van der Waals surface area contributed by atoms with Gasteiger partial charge in [-0.05, 0) is 0 Å². The van der Waals surface area contributed by atoms with Crippen LogP contribution in [0.1, 0.15) is 5.82 Å². The average molecular weight is 294 g/mol. The first-order valence-corrected chi connectivity index (χ1v) is 6.39. The third kappa shape index (κ3) is 4.13. The quantitative estimate of drug-likeness (QED) is 0.769. The van der Waals surface area contributed by atoms with Crippen molar-refractivity contribution in [1.29, 1.82) is 0 Å². The summed E-state index contributed by atoms with van der Waals surface area (Å²) in [7, 11) is 2.18. The molecule has 1 heterocycles. The fourth-order valence-electron chi connectivity index (χ4n) is 0.941. The second-order valence-electron chi connectivity index (χ2n) is 3.00. The lowest BCUT2D eigenvalue weighted by Gasteiger charge is -2.06. The molecule has 0 N–H and O–H groups in total. The molecular formula is C6H7ClF3N3O3S. The summed E-state index contributed by atoms with van der Waals surface area (Å²) >= 11 is 0. The van der Waals surface area contributed by atoms with Crippen LogP contribution in [0.25, 0.3) is 0 Å². The topological polar surface area (TPSA) is 74.1 Å². The van der Waals surface area contributed by atoms with Gasteiger partial charge in [-0.1, -0.05) is 0 Å². The number of ether oxygens (including phenoxy) is 1. The van der Waals surface area contributed by atoms with Crippen LogP contribution in [0, 0.1) is 0 Å². The van der Waals surface area contributed by atoms with Gasteiger partial charge in [0.25, 0.3) is 14.2 Å². The second-order valence-corrected chi connectivity index (χ2v) is 5.46. The smallest absolute Gasteiger partial charge is 0.364 e. The van der Waals surface area contributed by atoms with Gasteiger partial charge in [-0.2, -0.15) is 13.2 Å². The normalized spacial score (nSPS) is 13.0. The van der Waals surface area contributed by atoms with Gasteiger partial charge < -0.3 is 9.30 Å². The molecule has 0 aliphatic rings. The Bertz CT molecular complexity index is 498. The third-order valence-electron chi connectivity index (χ3n) is 1.64. The van der Waals surface area contributed by atoms with Crippen LogP contribution in [0.2, 0.25) is 0 Å². The van der Waals surface area contributed by atoms with E-state index in [0.29, 0.717) is 0 Å². The lowest BCUT2D eigenvalue weighted by Crippen LogP contribution is -2.17. The van der Waals surface area contributed by atoms with E-state index in [9.17, 15) is 21.6 Å². The first kappa shape index (κ1) is 14.2. The van der Waals surface area contributed by atoms with E-state index in [4.69, 9.17) is 10.7 Å². The zero-order valence-electron chi connectivity index (χ0n) is 8.40. The van der Waals surface area contributed by atoms with Crippen LogP contribution in [0.5, 0.6) is 0 Å². The number of aromatic nitrogens is 3. The lowest BCUT2D eigenvalue weighted by molar-refractivity contribution is -0.177. The highest BCUT2D eigenvalue weighted by molar-refractivity contribution is 8.13. The Balaban J connectivity index is 2.72. The number of halogens is 4. The minimum atomic E-state index is -4.46. The molecule has 1 rings (SSSR count). The molecule has 0 aliphatic heterocycles. The van der Waals surface area contributed by atoms with Crippen molar-refractivity contribution in [3.8, 4) is 0 Å². The van der Waals surface area contributed by atoms with Crippen molar-refractivity contribution >= 4 is 19.7 Å². The van der Waals surface area contributed by atoms with Crippen LogP contribution >= 0.6 is 10.7 Å². The fourth-order valence-corrected chi connectivity index (χ4v) is 1.92.